The highest BCUT2D eigenvalue weighted by molar-refractivity contribution is 5.88. The highest BCUT2D eigenvalue weighted by atomic mass is 16.5. The summed E-state index contributed by atoms with van der Waals surface area (Å²) in [6.07, 6.45) is 0.898. The Balaban J connectivity index is 3.94. The highest BCUT2D eigenvalue weighted by Crippen LogP contribution is 2.18. The largest absolute Gasteiger partial charge is 0.462 e. The minimum atomic E-state index is -0.186. The van der Waals surface area contributed by atoms with Gasteiger partial charge in [-0.3, -0.25) is 0 Å². The lowest BCUT2D eigenvalue weighted by Gasteiger charge is -2.17. The first kappa shape index (κ1) is 13.2. The van der Waals surface area contributed by atoms with Crippen LogP contribution in [0, 0.1) is 5.41 Å². The second-order valence-corrected chi connectivity index (χ2v) is 5.07. The normalized spacial score (nSPS) is 11.0. The van der Waals surface area contributed by atoms with Crippen LogP contribution < -0.4 is 0 Å². The van der Waals surface area contributed by atoms with Crippen molar-refractivity contribution in [2.24, 2.45) is 5.41 Å². The van der Waals surface area contributed by atoms with E-state index >= 15 is 0 Å². The summed E-state index contributed by atoms with van der Waals surface area (Å²) in [7, 11) is 0. The van der Waals surface area contributed by atoms with Crippen LogP contribution in [-0.4, -0.2) is 12.6 Å². The van der Waals surface area contributed by atoms with Crippen LogP contribution in [0.4, 0.5) is 0 Å². The molecule has 0 aliphatic carbocycles. The summed E-state index contributed by atoms with van der Waals surface area (Å²) >= 11 is 0. The summed E-state index contributed by atoms with van der Waals surface area (Å²) in [5.41, 5.74) is 1.96. The topological polar surface area (TPSA) is 26.3 Å². The smallest absolute Gasteiger partial charge is 0.333 e. The van der Waals surface area contributed by atoms with Crippen LogP contribution in [0.3, 0.4) is 0 Å². The third-order valence-corrected chi connectivity index (χ3v) is 2.14. The number of ether oxygens (including phenoxy) is 1. The minimum Gasteiger partial charge on any atom is -0.462 e. The molecule has 82 valence electrons. The van der Waals surface area contributed by atoms with E-state index in [9.17, 15) is 4.79 Å². The Labute approximate surface area is 87.3 Å². The van der Waals surface area contributed by atoms with Crippen LogP contribution in [0.2, 0.25) is 0 Å². The molecule has 0 aliphatic heterocycles. The van der Waals surface area contributed by atoms with Crippen molar-refractivity contribution < 1.29 is 9.53 Å². The molecule has 0 radical (unpaired) electrons. The first-order valence-corrected chi connectivity index (χ1v) is 5.05. The molecule has 2 heteroatoms. The second-order valence-electron chi connectivity index (χ2n) is 5.07. The van der Waals surface area contributed by atoms with Crippen molar-refractivity contribution >= 4 is 5.97 Å². The molecule has 2 nitrogen and oxygen atoms in total. The maximum absolute atomic E-state index is 11.4. The van der Waals surface area contributed by atoms with Crippen molar-refractivity contribution in [3.8, 4) is 0 Å². The highest BCUT2D eigenvalue weighted by Gasteiger charge is 2.12. The van der Waals surface area contributed by atoms with Crippen LogP contribution >= 0.6 is 0 Å². The molecule has 0 unspecified atom stereocenters. The summed E-state index contributed by atoms with van der Waals surface area (Å²) in [4.78, 5) is 11.4. The summed E-state index contributed by atoms with van der Waals surface area (Å²) in [6.45, 7) is 12.5. The molecule has 0 bridgehead atoms. The van der Waals surface area contributed by atoms with E-state index in [0.29, 0.717) is 6.61 Å². The second kappa shape index (κ2) is 5.18. The van der Waals surface area contributed by atoms with Gasteiger partial charge in [-0.1, -0.05) is 26.3 Å². The minimum absolute atomic E-state index is 0.186. The number of carbonyl (C=O) groups is 1. The van der Waals surface area contributed by atoms with E-state index in [1.54, 1.807) is 6.92 Å². The summed E-state index contributed by atoms with van der Waals surface area (Å²) < 4.78 is 5.14. The lowest BCUT2D eigenvalue weighted by atomic mass is 9.93. The first-order valence-electron chi connectivity index (χ1n) is 5.05. The van der Waals surface area contributed by atoms with Crippen molar-refractivity contribution in [3.63, 3.8) is 0 Å². The number of carbonyl (C=O) groups excluding carboxylic acids is 1. The Bertz CT molecular complexity index is 227. The number of hydrogen-bond acceptors (Lipinski definition) is 2. The van der Waals surface area contributed by atoms with E-state index in [0.717, 1.165) is 17.6 Å². The lowest BCUT2D eigenvalue weighted by Crippen LogP contribution is -2.14. The number of rotatable bonds is 3. The van der Waals surface area contributed by atoms with Gasteiger partial charge in [-0.2, -0.15) is 0 Å². The predicted molar refractivity (Wildman–Crippen MR) is 59.1 cm³/mol. The number of hydrogen-bond donors (Lipinski definition) is 0. The van der Waals surface area contributed by atoms with Gasteiger partial charge in [0.2, 0.25) is 0 Å². The molecule has 0 atom stereocenters. The Morgan fingerprint density at radius 2 is 1.64 bits per heavy atom. The molecule has 0 saturated heterocycles. The van der Waals surface area contributed by atoms with Crippen LogP contribution in [-0.2, 0) is 9.53 Å². The molecule has 0 aromatic heterocycles. The summed E-state index contributed by atoms with van der Waals surface area (Å²) in [5.74, 6) is -0.186. The standard InChI is InChI=1S/C12H22O2/c1-9(2)10(3)11(13)14-8-7-12(4,5)6/h7-8H2,1-6H3. The molecule has 0 heterocycles. The van der Waals surface area contributed by atoms with Gasteiger partial charge in [-0.25, -0.2) is 4.79 Å². The fourth-order valence-electron chi connectivity index (χ4n) is 0.762. The molecule has 0 aliphatic rings. The van der Waals surface area contributed by atoms with Crippen molar-refractivity contribution in [2.75, 3.05) is 6.61 Å². The monoisotopic (exact) mass is 198 g/mol. The molecular formula is C12H22O2. The van der Waals surface area contributed by atoms with Gasteiger partial charge in [0.15, 0.2) is 0 Å². The SMILES string of the molecule is CC(C)=C(C)C(=O)OCCC(C)(C)C. The molecule has 0 fully saturated rings. The van der Waals surface area contributed by atoms with Crippen LogP contribution in [0.25, 0.3) is 0 Å². The fourth-order valence-corrected chi connectivity index (χ4v) is 0.762. The molecule has 14 heavy (non-hydrogen) atoms. The van der Waals surface area contributed by atoms with Gasteiger partial charge < -0.3 is 4.74 Å². The molecule has 0 N–H and O–H groups in total. The maximum Gasteiger partial charge on any atom is 0.333 e. The average Bonchev–Trinajstić information content (AvgIpc) is 2.00. The van der Waals surface area contributed by atoms with E-state index in [1.165, 1.54) is 0 Å². The zero-order valence-corrected chi connectivity index (χ0v) is 10.2. The Morgan fingerprint density at radius 3 is 2.00 bits per heavy atom. The zero-order valence-electron chi connectivity index (χ0n) is 10.2. The average molecular weight is 198 g/mol. The van der Waals surface area contributed by atoms with Crippen LogP contribution in [0.5, 0.6) is 0 Å². The van der Waals surface area contributed by atoms with Gasteiger partial charge in [0, 0.05) is 5.57 Å². The molecule has 0 aromatic carbocycles. The predicted octanol–water partition coefficient (Wildman–Crippen LogP) is 3.32. The molecular weight excluding hydrogens is 176 g/mol. The van der Waals surface area contributed by atoms with Gasteiger partial charge >= 0.3 is 5.97 Å². The molecule has 0 spiro atoms. The van der Waals surface area contributed by atoms with Gasteiger partial charge in [0.25, 0.3) is 0 Å². The van der Waals surface area contributed by atoms with Gasteiger partial charge in [0.05, 0.1) is 6.61 Å². The van der Waals surface area contributed by atoms with Crippen molar-refractivity contribution in [2.45, 2.75) is 48.0 Å². The van der Waals surface area contributed by atoms with E-state index in [1.807, 2.05) is 13.8 Å². The quantitative estimate of drug-likeness (QED) is 0.513. The van der Waals surface area contributed by atoms with Gasteiger partial charge in [-0.05, 0) is 32.6 Å². The molecule has 0 saturated carbocycles. The van der Waals surface area contributed by atoms with E-state index < -0.39 is 0 Å². The third-order valence-electron chi connectivity index (χ3n) is 2.14. The Hall–Kier alpha value is -0.790. The lowest BCUT2D eigenvalue weighted by molar-refractivity contribution is -0.139. The fraction of sp³-hybridized carbons (Fsp3) is 0.750. The Kier molecular flexibility index (Phi) is 4.89. The van der Waals surface area contributed by atoms with Gasteiger partial charge in [0.1, 0.15) is 0 Å². The van der Waals surface area contributed by atoms with E-state index in [-0.39, 0.29) is 11.4 Å². The molecule has 0 aromatic rings. The number of esters is 1. The van der Waals surface area contributed by atoms with Crippen molar-refractivity contribution in [3.05, 3.63) is 11.1 Å². The van der Waals surface area contributed by atoms with Crippen molar-refractivity contribution in [1.29, 1.82) is 0 Å². The Morgan fingerprint density at radius 1 is 1.14 bits per heavy atom. The van der Waals surface area contributed by atoms with Crippen LogP contribution in [0.1, 0.15) is 48.0 Å². The van der Waals surface area contributed by atoms with Gasteiger partial charge in [-0.15, -0.1) is 0 Å². The van der Waals surface area contributed by atoms with Crippen LogP contribution in [0.15, 0.2) is 11.1 Å². The van der Waals surface area contributed by atoms with Crippen molar-refractivity contribution in [1.82, 2.24) is 0 Å². The maximum atomic E-state index is 11.4. The summed E-state index contributed by atoms with van der Waals surface area (Å²) in [5, 5.41) is 0. The van der Waals surface area contributed by atoms with E-state index in [4.69, 9.17) is 4.74 Å². The molecule has 0 amide bonds. The van der Waals surface area contributed by atoms with E-state index in [2.05, 4.69) is 20.8 Å². The number of allylic oxidation sites excluding steroid dienone is 1. The first-order chi connectivity index (χ1) is 6.24. The summed E-state index contributed by atoms with van der Waals surface area (Å²) in [6, 6.07) is 0. The zero-order chi connectivity index (χ0) is 11.4. The third kappa shape index (κ3) is 5.79. The molecule has 0 rings (SSSR count).